The molecule has 2 aromatic rings. The number of hydrogen-bond donors (Lipinski definition) is 0. The van der Waals surface area contributed by atoms with Crippen LogP contribution >= 0.6 is 0 Å². The fraction of sp³-hybridized carbons (Fsp3) is 0.278. The number of carbonyl (C=O) groups excluding carboxylic acids is 1. The molecular formula is C18H18FNO. The summed E-state index contributed by atoms with van der Waals surface area (Å²) in [6, 6.07) is 14.4. The van der Waals surface area contributed by atoms with Crippen LogP contribution in [0.2, 0.25) is 0 Å². The zero-order valence-electron chi connectivity index (χ0n) is 11.9. The first-order valence-corrected chi connectivity index (χ1v) is 7.31. The van der Waals surface area contributed by atoms with Crippen molar-refractivity contribution in [2.45, 2.75) is 19.3 Å². The molecule has 2 nitrogen and oxygen atoms in total. The lowest BCUT2D eigenvalue weighted by Gasteiger charge is -2.30. The fourth-order valence-electron chi connectivity index (χ4n) is 2.87. The highest BCUT2D eigenvalue weighted by atomic mass is 19.1. The number of benzene rings is 2. The monoisotopic (exact) mass is 283 g/mol. The van der Waals surface area contributed by atoms with Crippen LogP contribution in [0.25, 0.3) is 0 Å². The lowest BCUT2D eigenvalue weighted by atomic mass is 10.0. The zero-order chi connectivity index (χ0) is 14.7. The van der Waals surface area contributed by atoms with Gasteiger partial charge in [-0.2, -0.15) is 0 Å². The van der Waals surface area contributed by atoms with Crippen molar-refractivity contribution >= 4 is 11.5 Å². The van der Waals surface area contributed by atoms with E-state index < -0.39 is 0 Å². The Bertz CT molecular complexity index is 636. The second-order valence-corrected chi connectivity index (χ2v) is 5.50. The van der Waals surface area contributed by atoms with Crippen LogP contribution in [0.15, 0.2) is 48.5 Å². The number of aryl methyl sites for hydroxylation is 1. The number of nitrogens with zero attached hydrogens (tertiary/aromatic N) is 1. The third-order valence-electron chi connectivity index (χ3n) is 3.89. The smallest absolute Gasteiger partial charge is 0.156 e. The second-order valence-electron chi connectivity index (χ2n) is 5.50. The first kappa shape index (κ1) is 13.8. The van der Waals surface area contributed by atoms with Crippen molar-refractivity contribution in [3.63, 3.8) is 0 Å². The molecule has 0 unspecified atom stereocenters. The highest BCUT2D eigenvalue weighted by molar-refractivity contribution is 5.85. The topological polar surface area (TPSA) is 20.3 Å². The molecule has 0 bridgehead atoms. The van der Waals surface area contributed by atoms with E-state index in [1.165, 1.54) is 23.4 Å². The predicted octanol–water partition coefficient (Wildman–Crippen LogP) is 3.39. The number of hydrogen-bond acceptors (Lipinski definition) is 2. The third kappa shape index (κ3) is 3.30. The standard InChI is InChI=1S/C18H18FNO/c19-16-9-7-14(8-10-16)12-17(21)13-20-11-3-5-15-4-1-2-6-18(15)20/h1-2,4,6-10H,3,5,11-13H2. The number of anilines is 1. The summed E-state index contributed by atoms with van der Waals surface area (Å²) in [4.78, 5) is 14.4. The molecule has 0 amide bonds. The number of halogens is 1. The Balaban J connectivity index is 1.67. The van der Waals surface area contributed by atoms with Gasteiger partial charge < -0.3 is 4.90 Å². The molecule has 21 heavy (non-hydrogen) atoms. The SMILES string of the molecule is O=C(Cc1ccc(F)cc1)CN1CCCc2ccccc21. The van der Waals surface area contributed by atoms with E-state index in [0.717, 1.165) is 24.9 Å². The van der Waals surface area contributed by atoms with Crippen molar-refractivity contribution < 1.29 is 9.18 Å². The number of para-hydroxylation sites is 1. The van der Waals surface area contributed by atoms with E-state index in [4.69, 9.17) is 0 Å². The Hall–Kier alpha value is -2.16. The molecule has 2 aromatic carbocycles. The number of rotatable bonds is 4. The molecule has 0 spiro atoms. The van der Waals surface area contributed by atoms with Gasteiger partial charge in [0.05, 0.1) is 6.54 Å². The van der Waals surface area contributed by atoms with Crippen LogP contribution in [0.5, 0.6) is 0 Å². The average Bonchev–Trinajstić information content (AvgIpc) is 2.50. The molecule has 0 aliphatic carbocycles. The van der Waals surface area contributed by atoms with Crippen molar-refractivity contribution in [2.24, 2.45) is 0 Å². The molecule has 0 N–H and O–H groups in total. The van der Waals surface area contributed by atoms with Gasteiger partial charge in [-0.15, -0.1) is 0 Å². The van der Waals surface area contributed by atoms with Crippen LogP contribution in [-0.4, -0.2) is 18.9 Å². The van der Waals surface area contributed by atoms with Gasteiger partial charge in [0, 0.05) is 18.7 Å². The van der Waals surface area contributed by atoms with Gasteiger partial charge in [0.2, 0.25) is 0 Å². The van der Waals surface area contributed by atoms with E-state index in [9.17, 15) is 9.18 Å². The molecule has 0 fully saturated rings. The summed E-state index contributed by atoms with van der Waals surface area (Å²) in [5, 5.41) is 0. The summed E-state index contributed by atoms with van der Waals surface area (Å²) in [6.07, 6.45) is 2.53. The Morgan fingerprint density at radius 2 is 1.86 bits per heavy atom. The number of ketones is 1. The van der Waals surface area contributed by atoms with Gasteiger partial charge in [0.25, 0.3) is 0 Å². The highest BCUT2D eigenvalue weighted by Crippen LogP contribution is 2.26. The van der Waals surface area contributed by atoms with Gasteiger partial charge in [-0.1, -0.05) is 30.3 Å². The lowest BCUT2D eigenvalue weighted by Crippen LogP contribution is -2.34. The van der Waals surface area contributed by atoms with Crippen molar-refractivity contribution in [3.8, 4) is 0 Å². The molecule has 0 aromatic heterocycles. The van der Waals surface area contributed by atoms with Crippen LogP contribution in [0.4, 0.5) is 10.1 Å². The minimum absolute atomic E-state index is 0.165. The maximum atomic E-state index is 12.9. The predicted molar refractivity (Wildman–Crippen MR) is 82.1 cm³/mol. The van der Waals surface area contributed by atoms with Gasteiger partial charge in [0.15, 0.2) is 5.78 Å². The second kappa shape index (κ2) is 6.08. The molecular weight excluding hydrogens is 265 g/mol. The first-order chi connectivity index (χ1) is 10.2. The van der Waals surface area contributed by atoms with Crippen molar-refractivity contribution in [2.75, 3.05) is 18.0 Å². The Morgan fingerprint density at radius 3 is 2.67 bits per heavy atom. The molecule has 1 aliphatic rings. The van der Waals surface area contributed by atoms with E-state index >= 15 is 0 Å². The lowest BCUT2D eigenvalue weighted by molar-refractivity contribution is -0.117. The fourth-order valence-corrected chi connectivity index (χ4v) is 2.87. The van der Waals surface area contributed by atoms with Crippen molar-refractivity contribution in [1.29, 1.82) is 0 Å². The van der Waals surface area contributed by atoms with E-state index in [0.29, 0.717) is 13.0 Å². The van der Waals surface area contributed by atoms with Crippen LogP contribution in [0, 0.1) is 5.82 Å². The Labute approximate surface area is 124 Å². The Morgan fingerprint density at radius 1 is 1.10 bits per heavy atom. The van der Waals surface area contributed by atoms with Crippen LogP contribution in [0.1, 0.15) is 17.5 Å². The maximum Gasteiger partial charge on any atom is 0.156 e. The Kier molecular flexibility index (Phi) is 4.00. The summed E-state index contributed by atoms with van der Waals surface area (Å²) < 4.78 is 12.9. The maximum absolute atomic E-state index is 12.9. The van der Waals surface area contributed by atoms with Crippen molar-refractivity contribution in [3.05, 3.63) is 65.5 Å². The normalized spacial score (nSPS) is 13.9. The molecule has 0 radical (unpaired) electrons. The average molecular weight is 283 g/mol. The molecule has 0 saturated heterocycles. The summed E-state index contributed by atoms with van der Waals surface area (Å²) in [7, 11) is 0. The summed E-state index contributed by atoms with van der Waals surface area (Å²) >= 11 is 0. The number of fused-ring (bicyclic) bond motifs is 1. The molecule has 1 heterocycles. The number of Topliss-reactive ketones (excluding diaryl/α,β-unsaturated/α-hetero) is 1. The highest BCUT2D eigenvalue weighted by Gasteiger charge is 2.18. The van der Waals surface area contributed by atoms with Crippen LogP contribution < -0.4 is 4.90 Å². The quantitative estimate of drug-likeness (QED) is 0.857. The van der Waals surface area contributed by atoms with Gasteiger partial charge in [0.1, 0.15) is 5.82 Å². The van der Waals surface area contributed by atoms with E-state index in [-0.39, 0.29) is 11.6 Å². The molecule has 0 saturated carbocycles. The summed E-state index contributed by atoms with van der Waals surface area (Å²) in [5.41, 5.74) is 3.36. The summed E-state index contributed by atoms with van der Waals surface area (Å²) in [5.74, 6) is -0.102. The molecule has 3 rings (SSSR count). The first-order valence-electron chi connectivity index (χ1n) is 7.31. The third-order valence-corrected chi connectivity index (χ3v) is 3.89. The minimum atomic E-state index is -0.267. The van der Waals surface area contributed by atoms with Gasteiger partial charge in [-0.05, 0) is 42.2 Å². The number of carbonyl (C=O) groups is 1. The van der Waals surface area contributed by atoms with E-state index in [1.807, 2.05) is 12.1 Å². The molecule has 1 aliphatic heterocycles. The van der Waals surface area contributed by atoms with Crippen LogP contribution in [-0.2, 0) is 17.6 Å². The van der Waals surface area contributed by atoms with Crippen LogP contribution in [0.3, 0.4) is 0 Å². The summed E-state index contributed by atoms with van der Waals surface area (Å²) in [6.45, 7) is 1.35. The van der Waals surface area contributed by atoms with Gasteiger partial charge >= 0.3 is 0 Å². The van der Waals surface area contributed by atoms with E-state index in [2.05, 4.69) is 17.0 Å². The van der Waals surface area contributed by atoms with Gasteiger partial charge in [-0.3, -0.25) is 4.79 Å². The van der Waals surface area contributed by atoms with Crippen molar-refractivity contribution in [1.82, 2.24) is 0 Å². The largest absolute Gasteiger partial charge is 0.364 e. The minimum Gasteiger partial charge on any atom is -0.364 e. The zero-order valence-corrected chi connectivity index (χ0v) is 11.9. The molecule has 108 valence electrons. The molecule has 3 heteroatoms. The van der Waals surface area contributed by atoms with Gasteiger partial charge in [-0.25, -0.2) is 4.39 Å². The van der Waals surface area contributed by atoms with E-state index in [1.54, 1.807) is 12.1 Å². The molecule has 0 atom stereocenters.